The second kappa shape index (κ2) is 6.59. The Hall–Kier alpha value is -2.82. The van der Waals surface area contributed by atoms with Crippen molar-refractivity contribution in [2.24, 2.45) is 5.41 Å². The molecule has 0 saturated carbocycles. The predicted octanol–water partition coefficient (Wildman–Crippen LogP) is 4.38. The molecule has 2 aromatic carbocycles. The van der Waals surface area contributed by atoms with Crippen LogP contribution in [0.1, 0.15) is 32.0 Å². The van der Waals surface area contributed by atoms with Crippen molar-refractivity contribution in [3.05, 3.63) is 53.7 Å². The maximum absolute atomic E-state index is 12.0. The number of hydrogen-bond donors (Lipinski definition) is 0. The van der Waals surface area contributed by atoms with Gasteiger partial charge in [0.1, 0.15) is 11.5 Å². The Kier molecular flexibility index (Phi) is 4.49. The summed E-state index contributed by atoms with van der Waals surface area (Å²) in [4.78, 5) is 12.0. The topological polar surface area (TPSA) is 61.6 Å². The van der Waals surface area contributed by atoms with Crippen molar-refractivity contribution in [3.8, 4) is 11.5 Å². The Morgan fingerprint density at radius 1 is 1.16 bits per heavy atom. The van der Waals surface area contributed by atoms with Crippen molar-refractivity contribution >= 4 is 16.9 Å². The molecule has 0 aliphatic carbocycles. The molecule has 0 aliphatic heterocycles. The summed E-state index contributed by atoms with van der Waals surface area (Å²) in [5.74, 6) is 0.974. The van der Waals surface area contributed by atoms with Crippen LogP contribution in [0.2, 0.25) is 0 Å². The summed E-state index contributed by atoms with van der Waals surface area (Å²) in [7, 11) is 1.65. The minimum atomic E-state index is -0.564. The predicted molar refractivity (Wildman–Crippen MR) is 94.9 cm³/mol. The molecule has 0 fully saturated rings. The van der Waals surface area contributed by atoms with Gasteiger partial charge in [0.05, 0.1) is 18.2 Å². The number of fused-ring (bicyclic) bond motifs is 1. The molecule has 0 saturated heterocycles. The Labute approximate surface area is 146 Å². The third-order valence-electron chi connectivity index (χ3n) is 3.89. The molecular weight excluding hydrogens is 318 g/mol. The molecule has 3 aromatic rings. The highest BCUT2D eigenvalue weighted by atomic mass is 16.5. The average molecular weight is 339 g/mol. The summed E-state index contributed by atoms with van der Waals surface area (Å²) >= 11 is 0. The lowest BCUT2D eigenvalue weighted by atomic mass is 9.97. The van der Waals surface area contributed by atoms with E-state index in [2.05, 4.69) is 5.16 Å². The third-order valence-corrected chi connectivity index (χ3v) is 3.89. The maximum atomic E-state index is 12.0. The fraction of sp³-hybridized carbons (Fsp3) is 0.300. The molecule has 0 amide bonds. The molecule has 25 heavy (non-hydrogen) atoms. The second-order valence-electron chi connectivity index (χ2n) is 6.92. The van der Waals surface area contributed by atoms with Gasteiger partial charge in [-0.1, -0.05) is 23.4 Å². The largest absolute Gasteiger partial charge is 0.496 e. The number of carbonyl (C=O) groups excluding carboxylic acids is 1. The van der Waals surface area contributed by atoms with Gasteiger partial charge in [-0.25, -0.2) is 0 Å². The molecule has 5 nitrogen and oxygen atoms in total. The van der Waals surface area contributed by atoms with Gasteiger partial charge in [-0.05, 0) is 39.0 Å². The van der Waals surface area contributed by atoms with Crippen LogP contribution in [-0.4, -0.2) is 18.2 Å². The number of benzene rings is 2. The van der Waals surface area contributed by atoms with Gasteiger partial charge < -0.3 is 14.0 Å². The molecule has 3 rings (SSSR count). The first-order valence-corrected chi connectivity index (χ1v) is 8.11. The molecule has 1 aromatic heterocycles. The molecule has 0 bridgehead atoms. The number of hydrogen-bond acceptors (Lipinski definition) is 5. The molecule has 0 radical (unpaired) electrons. The second-order valence-corrected chi connectivity index (χ2v) is 6.92. The van der Waals surface area contributed by atoms with Gasteiger partial charge >= 0.3 is 5.97 Å². The summed E-state index contributed by atoms with van der Waals surface area (Å²) in [6.45, 7) is 5.44. The molecule has 0 aliphatic rings. The normalized spacial score (nSPS) is 11.5. The Balaban J connectivity index is 1.86. The number of methoxy groups -OCH3 is 1. The number of ether oxygens (including phenoxy) is 2. The lowest BCUT2D eigenvalue weighted by molar-refractivity contribution is -0.142. The lowest BCUT2D eigenvalue weighted by Gasteiger charge is -2.16. The van der Waals surface area contributed by atoms with Crippen molar-refractivity contribution < 1.29 is 18.8 Å². The lowest BCUT2D eigenvalue weighted by Crippen LogP contribution is -2.25. The van der Waals surface area contributed by atoms with E-state index < -0.39 is 5.41 Å². The van der Waals surface area contributed by atoms with E-state index in [1.807, 2.05) is 51.1 Å². The van der Waals surface area contributed by atoms with Crippen LogP contribution in [0.3, 0.4) is 0 Å². The zero-order chi connectivity index (χ0) is 18.0. The first-order chi connectivity index (χ1) is 11.9. The first-order valence-electron chi connectivity index (χ1n) is 8.11. The molecule has 130 valence electrons. The van der Waals surface area contributed by atoms with E-state index >= 15 is 0 Å². The fourth-order valence-electron chi connectivity index (χ4n) is 2.45. The Morgan fingerprint density at radius 3 is 2.64 bits per heavy atom. The van der Waals surface area contributed by atoms with Gasteiger partial charge in [0.25, 0.3) is 0 Å². The third kappa shape index (κ3) is 3.65. The van der Waals surface area contributed by atoms with E-state index in [9.17, 15) is 4.79 Å². The van der Waals surface area contributed by atoms with E-state index in [4.69, 9.17) is 14.0 Å². The SMILES string of the molecule is COc1ccccc1Cc1noc2cc(OC(=O)C(C)(C)C)ccc12. The highest BCUT2D eigenvalue weighted by Gasteiger charge is 2.24. The molecule has 0 atom stereocenters. The Bertz CT molecular complexity index is 905. The van der Waals surface area contributed by atoms with Crippen LogP contribution in [-0.2, 0) is 11.2 Å². The molecular formula is C20H21NO4. The monoisotopic (exact) mass is 339 g/mol. The van der Waals surface area contributed by atoms with Crippen molar-refractivity contribution in [2.75, 3.05) is 7.11 Å². The standard InChI is InChI=1S/C20H21NO4/c1-20(2,3)19(22)24-14-9-10-15-16(21-25-18(15)12-14)11-13-7-5-6-8-17(13)23-4/h5-10,12H,11H2,1-4H3. The minimum absolute atomic E-state index is 0.291. The molecule has 1 heterocycles. The molecule has 0 unspecified atom stereocenters. The van der Waals surface area contributed by atoms with Crippen LogP contribution in [0.25, 0.3) is 11.0 Å². The van der Waals surface area contributed by atoms with Crippen molar-refractivity contribution in [1.29, 1.82) is 0 Å². The van der Waals surface area contributed by atoms with Gasteiger partial charge in [-0.3, -0.25) is 4.79 Å². The van der Waals surface area contributed by atoms with Crippen LogP contribution in [0.5, 0.6) is 11.5 Å². The van der Waals surface area contributed by atoms with Crippen LogP contribution in [0.4, 0.5) is 0 Å². The van der Waals surface area contributed by atoms with Gasteiger partial charge in [0.15, 0.2) is 5.58 Å². The smallest absolute Gasteiger partial charge is 0.316 e. The number of carbonyl (C=O) groups is 1. The summed E-state index contributed by atoms with van der Waals surface area (Å²) in [5, 5.41) is 5.05. The van der Waals surface area contributed by atoms with Crippen molar-refractivity contribution in [1.82, 2.24) is 5.16 Å². The van der Waals surface area contributed by atoms with Crippen molar-refractivity contribution in [3.63, 3.8) is 0 Å². The van der Waals surface area contributed by atoms with Gasteiger partial charge in [0, 0.05) is 23.4 Å². The Morgan fingerprint density at radius 2 is 1.92 bits per heavy atom. The highest BCUT2D eigenvalue weighted by Crippen LogP contribution is 2.28. The minimum Gasteiger partial charge on any atom is -0.496 e. The van der Waals surface area contributed by atoms with E-state index in [1.165, 1.54) is 0 Å². The quantitative estimate of drug-likeness (QED) is 0.521. The number of esters is 1. The van der Waals surface area contributed by atoms with Crippen LogP contribution in [0, 0.1) is 5.41 Å². The molecule has 0 N–H and O–H groups in total. The number of rotatable bonds is 4. The van der Waals surface area contributed by atoms with Gasteiger partial charge in [-0.2, -0.15) is 0 Å². The van der Waals surface area contributed by atoms with Crippen LogP contribution < -0.4 is 9.47 Å². The van der Waals surface area contributed by atoms with Crippen molar-refractivity contribution in [2.45, 2.75) is 27.2 Å². The first kappa shape index (κ1) is 17.0. The van der Waals surface area contributed by atoms with Gasteiger partial charge in [0.2, 0.25) is 0 Å². The zero-order valence-corrected chi connectivity index (χ0v) is 14.8. The van der Waals surface area contributed by atoms with E-state index in [-0.39, 0.29) is 5.97 Å². The van der Waals surface area contributed by atoms with Crippen LogP contribution in [0.15, 0.2) is 47.0 Å². The zero-order valence-electron chi connectivity index (χ0n) is 14.8. The van der Waals surface area contributed by atoms with E-state index in [0.717, 1.165) is 22.4 Å². The van der Waals surface area contributed by atoms with E-state index in [0.29, 0.717) is 17.8 Å². The summed E-state index contributed by atoms with van der Waals surface area (Å²) in [6.07, 6.45) is 0.595. The summed E-state index contributed by atoms with van der Waals surface area (Å²) < 4.78 is 16.2. The van der Waals surface area contributed by atoms with Crippen LogP contribution >= 0.6 is 0 Å². The fourth-order valence-corrected chi connectivity index (χ4v) is 2.45. The highest BCUT2D eigenvalue weighted by molar-refractivity contribution is 5.83. The molecule has 0 spiro atoms. The van der Waals surface area contributed by atoms with E-state index in [1.54, 1.807) is 19.2 Å². The number of aromatic nitrogens is 1. The summed E-state index contributed by atoms with van der Waals surface area (Å²) in [5.41, 5.74) is 1.87. The number of para-hydroxylation sites is 1. The number of nitrogens with zero attached hydrogens (tertiary/aromatic N) is 1. The molecule has 5 heteroatoms. The average Bonchev–Trinajstić information content (AvgIpc) is 2.97. The summed E-state index contributed by atoms with van der Waals surface area (Å²) in [6, 6.07) is 13.1. The van der Waals surface area contributed by atoms with Gasteiger partial charge in [-0.15, -0.1) is 0 Å². The maximum Gasteiger partial charge on any atom is 0.316 e.